The van der Waals surface area contributed by atoms with Gasteiger partial charge in [0.25, 0.3) is 0 Å². The number of anilines is 3. The van der Waals surface area contributed by atoms with Gasteiger partial charge in [-0.05, 0) is 136 Å². The molecule has 1 heterocycles. The third-order valence-electron chi connectivity index (χ3n) is 15.2. The number of benzene rings is 12. The van der Waals surface area contributed by atoms with Crippen LogP contribution in [0, 0.1) is 0 Å². The van der Waals surface area contributed by atoms with Crippen molar-refractivity contribution in [3.05, 3.63) is 271 Å². The lowest BCUT2D eigenvalue weighted by Crippen LogP contribution is -2.26. The van der Waals surface area contributed by atoms with Gasteiger partial charge >= 0.3 is 0 Å². The number of nitrogens with zero attached hydrogens (tertiary/aromatic N) is 1. The molecule has 0 radical (unpaired) electrons. The van der Waals surface area contributed by atoms with Crippen LogP contribution in [-0.2, 0) is 5.41 Å². The minimum Gasteiger partial charge on any atom is -0.453 e. The fourth-order valence-corrected chi connectivity index (χ4v) is 12.4. The standard InChI is InChI=1S/C67H41NO/c1-2-17-42(18-3-1)43-33-35-46(36-34-43)68(47-37-38-55-54-27-12-15-31-61(54)67(62(55)41-47)59-29-13-10-25-52(59)53-26-11-14-30-60(53)67)63-32-16-28-56-58-40-45-20-5-7-22-49(45)64(66(58)69-65(56)63)57-39-44-19-4-6-21-48(44)50-23-8-9-24-51(50)57/h1-41H. The Morgan fingerprint density at radius 2 is 0.812 bits per heavy atom. The maximum absolute atomic E-state index is 7.54. The van der Waals surface area contributed by atoms with Crippen LogP contribution in [0.3, 0.4) is 0 Å². The molecule has 0 amide bonds. The Labute approximate surface area is 399 Å². The molecule has 320 valence electrons. The van der Waals surface area contributed by atoms with E-state index < -0.39 is 5.41 Å². The van der Waals surface area contributed by atoms with Gasteiger partial charge in [0, 0.05) is 27.7 Å². The molecule has 15 rings (SSSR count). The summed E-state index contributed by atoms with van der Waals surface area (Å²) in [6, 6.07) is 91.7. The number of fused-ring (bicyclic) bond motifs is 17. The van der Waals surface area contributed by atoms with Gasteiger partial charge in [0.15, 0.2) is 5.58 Å². The molecule has 2 aliphatic rings. The molecule has 12 aromatic carbocycles. The summed E-state index contributed by atoms with van der Waals surface area (Å²) in [6.45, 7) is 0. The molecule has 0 atom stereocenters. The summed E-state index contributed by atoms with van der Waals surface area (Å²) in [4.78, 5) is 2.42. The van der Waals surface area contributed by atoms with E-state index in [9.17, 15) is 0 Å². The van der Waals surface area contributed by atoms with Crippen molar-refractivity contribution < 1.29 is 4.42 Å². The second kappa shape index (κ2) is 14.5. The Hall–Kier alpha value is -8.98. The zero-order valence-corrected chi connectivity index (χ0v) is 37.5. The Kier molecular flexibility index (Phi) is 8.02. The highest BCUT2D eigenvalue weighted by Crippen LogP contribution is 2.63. The normalized spacial score (nSPS) is 13.0. The Balaban J connectivity index is 1.01. The van der Waals surface area contributed by atoms with E-state index in [1.54, 1.807) is 0 Å². The molecule has 0 aliphatic heterocycles. The monoisotopic (exact) mass is 875 g/mol. The second-order valence-corrected chi connectivity index (χ2v) is 18.7. The van der Waals surface area contributed by atoms with Crippen molar-refractivity contribution in [2.75, 3.05) is 4.90 Å². The van der Waals surface area contributed by atoms with Crippen LogP contribution in [0.4, 0.5) is 17.1 Å². The van der Waals surface area contributed by atoms with Gasteiger partial charge in [-0.2, -0.15) is 0 Å². The number of hydrogen-bond donors (Lipinski definition) is 0. The fraction of sp³-hybridized carbons (Fsp3) is 0.0149. The van der Waals surface area contributed by atoms with Crippen molar-refractivity contribution in [1.29, 1.82) is 0 Å². The summed E-state index contributed by atoms with van der Waals surface area (Å²) < 4.78 is 7.54. The van der Waals surface area contributed by atoms with Gasteiger partial charge in [0.1, 0.15) is 5.58 Å². The average molecular weight is 876 g/mol. The predicted molar refractivity (Wildman–Crippen MR) is 288 cm³/mol. The van der Waals surface area contributed by atoms with Crippen LogP contribution in [0.25, 0.3) is 98.8 Å². The molecule has 0 unspecified atom stereocenters. The molecule has 2 nitrogen and oxygen atoms in total. The molecule has 2 heteroatoms. The summed E-state index contributed by atoms with van der Waals surface area (Å²) in [6.07, 6.45) is 0. The van der Waals surface area contributed by atoms with E-state index in [-0.39, 0.29) is 0 Å². The summed E-state index contributed by atoms with van der Waals surface area (Å²) >= 11 is 0. The number of rotatable bonds is 5. The molecule has 69 heavy (non-hydrogen) atoms. The van der Waals surface area contributed by atoms with E-state index in [4.69, 9.17) is 4.42 Å². The highest BCUT2D eigenvalue weighted by Gasteiger charge is 2.51. The molecule has 1 aromatic heterocycles. The zero-order chi connectivity index (χ0) is 45.2. The number of furan rings is 1. The second-order valence-electron chi connectivity index (χ2n) is 18.7. The molecule has 0 saturated carbocycles. The largest absolute Gasteiger partial charge is 0.453 e. The zero-order valence-electron chi connectivity index (χ0n) is 37.5. The lowest BCUT2D eigenvalue weighted by molar-refractivity contribution is 0.670. The topological polar surface area (TPSA) is 16.4 Å². The van der Waals surface area contributed by atoms with E-state index in [2.05, 4.69) is 254 Å². The lowest BCUT2D eigenvalue weighted by Gasteiger charge is -2.32. The van der Waals surface area contributed by atoms with Gasteiger partial charge < -0.3 is 9.32 Å². The fourth-order valence-electron chi connectivity index (χ4n) is 12.4. The first-order valence-electron chi connectivity index (χ1n) is 23.9. The Morgan fingerprint density at radius 1 is 0.290 bits per heavy atom. The molecule has 2 aliphatic carbocycles. The van der Waals surface area contributed by atoms with E-state index in [1.165, 1.54) is 93.5 Å². The predicted octanol–water partition coefficient (Wildman–Crippen LogP) is 18.2. The smallest absolute Gasteiger partial charge is 0.159 e. The van der Waals surface area contributed by atoms with Gasteiger partial charge in [-0.15, -0.1) is 0 Å². The van der Waals surface area contributed by atoms with Gasteiger partial charge in [0.05, 0.1) is 11.1 Å². The van der Waals surface area contributed by atoms with Crippen LogP contribution >= 0.6 is 0 Å². The average Bonchev–Trinajstić information content (AvgIpc) is 4.05. The third kappa shape index (κ3) is 5.31. The maximum Gasteiger partial charge on any atom is 0.159 e. The highest BCUT2D eigenvalue weighted by atomic mass is 16.3. The van der Waals surface area contributed by atoms with Gasteiger partial charge in [-0.1, -0.05) is 206 Å². The molecule has 0 N–H and O–H groups in total. The molecular formula is C67H41NO. The number of hydrogen-bond acceptors (Lipinski definition) is 2. The van der Waals surface area contributed by atoms with E-state index in [0.29, 0.717) is 0 Å². The Morgan fingerprint density at radius 3 is 1.51 bits per heavy atom. The molecular weight excluding hydrogens is 835 g/mol. The first-order chi connectivity index (χ1) is 34.2. The molecule has 0 saturated heterocycles. The van der Waals surface area contributed by atoms with Crippen LogP contribution in [0.5, 0.6) is 0 Å². The lowest BCUT2D eigenvalue weighted by atomic mass is 9.70. The van der Waals surface area contributed by atoms with E-state index in [0.717, 1.165) is 44.6 Å². The van der Waals surface area contributed by atoms with Crippen molar-refractivity contribution in [2.24, 2.45) is 0 Å². The van der Waals surface area contributed by atoms with Gasteiger partial charge in [0.2, 0.25) is 0 Å². The summed E-state index contributed by atoms with van der Waals surface area (Å²) in [5.41, 5.74) is 19.4. The highest BCUT2D eigenvalue weighted by molar-refractivity contribution is 6.24. The van der Waals surface area contributed by atoms with E-state index in [1.807, 2.05) is 0 Å². The van der Waals surface area contributed by atoms with Crippen LogP contribution in [0.15, 0.2) is 253 Å². The third-order valence-corrected chi connectivity index (χ3v) is 15.2. The molecule has 0 fully saturated rings. The minimum absolute atomic E-state index is 0.485. The van der Waals surface area contributed by atoms with Crippen LogP contribution < -0.4 is 4.90 Å². The maximum atomic E-state index is 7.54. The minimum atomic E-state index is -0.485. The number of para-hydroxylation sites is 1. The summed E-state index contributed by atoms with van der Waals surface area (Å²) in [5, 5.41) is 9.42. The van der Waals surface area contributed by atoms with Crippen LogP contribution in [0.1, 0.15) is 22.3 Å². The van der Waals surface area contributed by atoms with E-state index >= 15 is 0 Å². The quantitative estimate of drug-likeness (QED) is 0.160. The van der Waals surface area contributed by atoms with Crippen molar-refractivity contribution in [1.82, 2.24) is 0 Å². The van der Waals surface area contributed by atoms with Crippen molar-refractivity contribution >= 4 is 71.3 Å². The van der Waals surface area contributed by atoms with Crippen molar-refractivity contribution in [2.45, 2.75) is 5.41 Å². The molecule has 1 spiro atoms. The van der Waals surface area contributed by atoms with Crippen LogP contribution in [0.2, 0.25) is 0 Å². The molecule has 0 bridgehead atoms. The Bertz CT molecular complexity index is 4190. The van der Waals surface area contributed by atoms with Crippen molar-refractivity contribution in [3.8, 4) is 44.5 Å². The first-order valence-corrected chi connectivity index (χ1v) is 23.9. The SMILES string of the molecule is c1ccc(-c2ccc(N(c3ccc4c(c3)C3(c5ccccc5-c5ccccc53)c3ccccc3-4)c3cccc4c3oc3c(-c5cc6ccccc6c6ccccc56)c5ccccc5cc34)cc2)cc1. The first kappa shape index (κ1) is 38.2. The molecule has 13 aromatic rings. The summed E-state index contributed by atoms with van der Waals surface area (Å²) in [7, 11) is 0. The summed E-state index contributed by atoms with van der Waals surface area (Å²) in [5.74, 6) is 0. The van der Waals surface area contributed by atoms with Gasteiger partial charge in [-0.25, -0.2) is 0 Å². The van der Waals surface area contributed by atoms with Crippen LogP contribution in [-0.4, -0.2) is 0 Å². The van der Waals surface area contributed by atoms with Crippen molar-refractivity contribution in [3.63, 3.8) is 0 Å². The van der Waals surface area contributed by atoms with Gasteiger partial charge in [-0.3, -0.25) is 0 Å².